The van der Waals surface area contributed by atoms with Gasteiger partial charge in [0, 0.05) is 0 Å². The number of alkyl halides is 3. The molecule has 1 heterocycles. The van der Waals surface area contributed by atoms with Crippen molar-refractivity contribution >= 4 is 11.8 Å². The number of hydrogen-bond acceptors (Lipinski definition) is 4. The van der Waals surface area contributed by atoms with E-state index in [-0.39, 0.29) is 12.4 Å². The Bertz CT molecular complexity index is 531. The molecule has 0 saturated carbocycles. The van der Waals surface area contributed by atoms with Gasteiger partial charge in [-0.2, -0.15) is 13.2 Å². The Morgan fingerprint density at radius 1 is 1.38 bits per heavy atom. The molecule has 21 heavy (non-hydrogen) atoms. The first-order valence-corrected chi connectivity index (χ1v) is 6.11. The summed E-state index contributed by atoms with van der Waals surface area (Å²) in [6.45, 7) is -0.325. The molecule has 1 aliphatic heterocycles. The molecule has 0 saturated heterocycles. The average molecular weight is 302 g/mol. The standard InChI is InChI=1S/C13H13F3N2O3/c1-20-11-10(8-5-3-2-4-6-8)9(21-18-11)7-17-12(19)13(14,15)16/h2-6,9-10H,7H2,1H3,(H,17,19). The van der Waals surface area contributed by atoms with Gasteiger partial charge in [0.25, 0.3) is 0 Å². The van der Waals surface area contributed by atoms with E-state index in [1.807, 2.05) is 6.07 Å². The predicted octanol–water partition coefficient (Wildman–Crippen LogP) is 1.81. The smallest absolute Gasteiger partial charge is 0.471 e. The van der Waals surface area contributed by atoms with Gasteiger partial charge in [-0.1, -0.05) is 35.5 Å². The largest absolute Gasteiger partial charge is 0.481 e. The Labute approximate surface area is 118 Å². The van der Waals surface area contributed by atoms with Crippen LogP contribution in [-0.4, -0.2) is 37.7 Å². The van der Waals surface area contributed by atoms with Crippen molar-refractivity contribution in [2.75, 3.05) is 13.7 Å². The minimum Gasteiger partial charge on any atom is -0.481 e. The lowest BCUT2D eigenvalue weighted by atomic mass is 9.93. The number of methoxy groups -OCH3 is 1. The highest BCUT2D eigenvalue weighted by molar-refractivity contribution is 5.85. The van der Waals surface area contributed by atoms with Crippen LogP contribution < -0.4 is 5.32 Å². The van der Waals surface area contributed by atoms with Crippen LogP contribution in [0.1, 0.15) is 11.5 Å². The molecule has 0 aliphatic carbocycles. The molecule has 1 aliphatic rings. The van der Waals surface area contributed by atoms with Crippen molar-refractivity contribution < 1.29 is 27.5 Å². The molecule has 5 nitrogen and oxygen atoms in total. The summed E-state index contributed by atoms with van der Waals surface area (Å²) in [5, 5.41) is 5.49. The number of carbonyl (C=O) groups is 1. The summed E-state index contributed by atoms with van der Waals surface area (Å²) in [6, 6.07) is 8.95. The molecule has 0 aromatic heterocycles. The van der Waals surface area contributed by atoms with E-state index in [2.05, 4.69) is 5.16 Å². The number of nitrogens with zero attached hydrogens (tertiary/aromatic N) is 1. The van der Waals surface area contributed by atoms with Gasteiger partial charge in [0.1, 0.15) is 5.92 Å². The van der Waals surface area contributed by atoms with Crippen molar-refractivity contribution in [3.05, 3.63) is 35.9 Å². The van der Waals surface area contributed by atoms with Crippen molar-refractivity contribution in [1.29, 1.82) is 0 Å². The lowest BCUT2D eigenvalue weighted by molar-refractivity contribution is -0.174. The van der Waals surface area contributed by atoms with Crippen molar-refractivity contribution in [2.45, 2.75) is 18.2 Å². The fourth-order valence-corrected chi connectivity index (χ4v) is 2.03. The van der Waals surface area contributed by atoms with Crippen LogP contribution in [0.4, 0.5) is 13.2 Å². The Hall–Kier alpha value is -2.25. The summed E-state index contributed by atoms with van der Waals surface area (Å²) in [4.78, 5) is 15.9. The SMILES string of the molecule is COC1=NOC(CNC(=O)C(F)(F)F)C1c1ccccc1. The van der Waals surface area contributed by atoms with E-state index < -0.39 is 24.1 Å². The zero-order valence-corrected chi connectivity index (χ0v) is 11.1. The van der Waals surface area contributed by atoms with Crippen LogP contribution in [0.5, 0.6) is 0 Å². The number of oxime groups is 1. The first-order valence-electron chi connectivity index (χ1n) is 6.11. The Balaban J connectivity index is 2.08. The van der Waals surface area contributed by atoms with Crippen LogP contribution >= 0.6 is 0 Å². The van der Waals surface area contributed by atoms with Crippen LogP contribution in [0.2, 0.25) is 0 Å². The second-order valence-corrected chi connectivity index (χ2v) is 4.37. The van der Waals surface area contributed by atoms with E-state index >= 15 is 0 Å². The third kappa shape index (κ3) is 3.45. The van der Waals surface area contributed by atoms with Crippen LogP contribution in [0, 0.1) is 0 Å². The quantitative estimate of drug-likeness (QED) is 0.926. The van der Waals surface area contributed by atoms with E-state index in [1.54, 1.807) is 29.6 Å². The zero-order valence-electron chi connectivity index (χ0n) is 11.1. The molecule has 1 aromatic carbocycles. The van der Waals surface area contributed by atoms with Gasteiger partial charge < -0.3 is 14.9 Å². The first-order chi connectivity index (χ1) is 9.93. The summed E-state index contributed by atoms with van der Waals surface area (Å²) in [5.74, 6) is -2.22. The number of ether oxygens (including phenoxy) is 1. The van der Waals surface area contributed by atoms with Gasteiger partial charge in [-0.05, 0) is 5.56 Å². The Kier molecular flexibility index (Phi) is 4.35. The molecular formula is C13H13F3N2O3. The molecule has 8 heteroatoms. The molecule has 0 fully saturated rings. The minimum absolute atomic E-state index is 0.257. The van der Waals surface area contributed by atoms with E-state index in [9.17, 15) is 18.0 Å². The Morgan fingerprint density at radius 2 is 2.05 bits per heavy atom. The van der Waals surface area contributed by atoms with Crippen molar-refractivity contribution in [3.63, 3.8) is 0 Å². The number of halogens is 3. The lowest BCUT2D eigenvalue weighted by Gasteiger charge is -2.19. The summed E-state index contributed by atoms with van der Waals surface area (Å²) in [7, 11) is 1.40. The van der Waals surface area contributed by atoms with E-state index in [0.717, 1.165) is 5.56 Å². The number of rotatable bonds is 3. The lowest BCUT2D eigenvalue weighted by Crippen LogP contribution is -2.42. The summed E-state index contributed by atoms with van der Waals surface area (Å²) < 4.78 is 41.6. The monoisotopic (exact) mass is 302 g/mol. The molecule has 2 unspecified atom stereocenters. The highest BCUT2D eigenvalue weighted by Crippen LogP contribution is 2.29. The molecule has 1 amide bonds. The molecule has 1 N–H and O–H groups in total. The fraction of sp³-hybridized carbons (Fsp3) is 0.385. The molecule has 0 radical (unpaired) electrons. The number of nitrogens with one attached hydrogen (secondary N) is 1. The molecular weight excluding hydrogens is 289 g/mol. The third-order valence-corrected chi connectivity index (χ3v) is 3.01. The molecule has 1 aromatic rings. The van der Waals surface area contributed by atoms with Crippen LogP contribution in [0.3, 0.4) is 0 Å². The highest BCUT2D eigenvalue weighted by atomic mass is 19.4. The fourth-order valence-electron chi connectivity index (χ4n) is 2.03. The van der Waals surface area contributed by atoms with Gasteiger partial charge in [-0.3, -0.25) is 4.79 Å². The number of amides is 1. The third-order valence-electron chi connectivity index (χ3n) is 3.01. The van der Waals surface area contributed by atoms with Gasteiger partial charge in [0.15, 0.2) is 6.10 Å². The van der Waals surface area contributed by atoms with Crippen LogP contribution in [0.25, 0.3) is 0 Å². The minimum atomic E-state index is -4.92. The molecule has 2 atom stereocenters. The topological polar surface area (TPSA) is 59.9 Å². The van der Waals surface area contributed by atoms with Crippen molar-refractivity contribution in [1.82, 2.24) is 5.32 Å². The van der Waals surface area contributed by atoms with Crippen LogP contribution in [0.15, 0.2) is 35.5 Å². The second kappa shape index (κ2) is 6.02. The Morgan fingerprint density at radius 3 is 2.62 bits per heavy atom. The van der Waals surface area contributed by atoms with Gasteiger partial charge in [-0.15, -0.1) is 0 Å². The maximum Gasteiger partial charge on any atom is 0.471 e. The molecule has 0 bridgehead atoms. The maximum absolute atomic E-state index is 12.2. The maximum atomic E-state index is 12.2. The van der Waals surface area contributed by atoms with Crippen molar-refractivity contribution in [2.24, 2.45) is 5.16 Å². The normalized spacial score (nSPS) is 21.4. The summed E-state index contributed by atoms with van der Waals surface area (Å²) in [6.07, 6.45) is -5.68. The predicted molar refractivity (Wildman–Crippen MR) is 67.6 cm³/mol. The number of benzene rings is 1. The van der Waals surface area contributed by atoms with Crippen molar-refractivity contribution in [3.8, 4) is 0 Å². The average Bonchev–Trinajstić information content (AvgIpc) is 2.87. The zero-order chi connectivity index (χ0) is 15.5. The van der Waals surface area contributed by atoms with Gasteiger partial charge in [0.2, 0.25) is 5.90 Å². The van der Waals surface area contributed by atoms with E-state index in [0.29, 0.717) is 0 Å². The second-order valence-electron chi connectivity index (χ2n) is 4.37. The van der Waals surface area contributed by atoms with E-state index in [4.69, 9.17) is 9.57 Å². The molecule has 114 valence electrons. The highest BCUT2D eigenvalue weighted by Gasteiger charge is 2.41. The van der Waals surface area contributed by atoms with Crippen LogP contribution in [-0.2, 0) is 14.4 Å². The molecule has 2 rings (SSSR count). The summed E-state index contributed by atoms with van der Waals surface area (Å²) >= 11 is 0. The van der Waals surface area contributed by atoms with E-state index in [1.165, 1.54) is 7.11 Å². The molecule has 0 spiro atoms. The van der Waals surface area contributed by atoms with Gasteiger partial charge in [0.05, 0.1) is 13.7 Å². The number of hydrogen-bond donors (Lipinski definition) is 1. The van der Waals surface area contributed by atoms with Gasteiger partial charge >= 0.3 is 12.1 Å². The summed E-state index contributed by atoms with van der Waals surface area (Å²) in [5.41, 5.74) is 0.779. The number of carbonyl (C=O) groups excluding carboxylic acids is 1. The first kappa shape index (κ1) is 15.1. The van der Waals surface area contributed by atoms with Gasteiger partial charge in [-0.25, -0.2) is 0 Å².